The molecule has 3 rings (SSSR count). The molecule has 6 unspecified atom stereocenters. The molecule has 0 bridgehead atoms. The first-order valence-electron chi connectivity index (χ1n) is 12.1. The van der Waals surface area contributed by atoms with E-state index < -0.39 is 0 Å². The van der Waals surface area contributed by atoms with Crippen LogP contribution in [0.2, 0.25) is 0 Å². The molecule has 0 aromatic carbocycles. The zero-order chi connectivity index (χ0) is 20.3. The van der Waals surface area contributed by atoms with Gasteiger partial charge in [-0.25, -0.2) is 0 Å². The highest BCUT2D eigenvalue weighted by atomic mass is 16.5. The molecule has 3 aliphatic rings. The lowest BCUT2D eigenvalue weighted by Crippen LogP contribution is -2.50. The maximum absolute atomic E-state index is 6.73. The summed E-state index contributed by atoms with van der Waals surface area (Å²) in [5, 5.41) is 0. The van der Waals surface area contributed by atoms with Crippen LogP contribution in [-0.4, -0.2) is 61.3 Å². The van der Waals surface area contributed by atoms with E-state index in [0.717, 1.165) is 30.9 Å². The van der Waals surface area contributed by atoms with E-state index in [2.05, 4.69) is 51.0 Å². The van der Waals surface area contributed by atoms with Crippen molar-refractivity contribution in [1.82, 2.24) is 9.80 Å². The molecule has 2 aliphatic heterocycles. The quantitative estimate of drug-likeness (QED) is 0.564. The fourth-order valence-corrected chi connectivity index (χ4v) is 5.94. The Hall–Kier alpha value is -0.380. The number of hydrogen-bond donors (Lipinski definition) is 0. The second-order valence-electron chi connectivity index (χ2n) is 10.7. The van der Waals surface area contributed by atoms with Gasteiger partial charge < -0.3 is 9.64 Å². The summed E-state index contributed by atoms with van der Waals surface area (Å²) in [5.74, 6) is 3.54. The van der Waals surface area contributed by atoms with E-state index in [1.165, 1.54) is 63.9 Å². The fraction of sp³-hybridized carbons (Fsp3) is 0.920. The summed E-state index contributed by atoms with van der Waals surface area (Å²) in [5.41, 5.74) is 1.45. The second-order valence-corrected chi connectivity index (χ2v) is 10.7. The summed E-state index contributed by atoms with van der Waals surface area (Å²) in [4.78, 5) is 5.41. The molecule has 28 heavy (non-hydrogen) atoms. The Morgan fingerprint density at radius 2 is 1.68 bits per heavy atom. The summed E-state index contributed by atoms with van der Waals surface area (Å²) < 4.78 is 6.73. The number of rotatable bonds is 7. The molecule has 0 radical (unpaired) electrons. The van der Waals surface area contributed by atoms with Gasteiger partial charge in [0.15, 0.2) is 0 Å². The van der Waals surface area contributed by atoms with Crippen LogP contribution in [0.25, 0.3) is 0 Å². The van der Waals surface area contributed by atoms with E-state index in [1.54, 1.807) is 0 Å². The topological polar surface area (TPSA) is 15.7 Å². The summed E-state index contributed by atoms with van der Waals surface area (Å²) >= 11 is 0. The molecule has 2 heterocycles. The van der Waals surface area contributed by atoms with Gasteiger partial charge in [0.05, 0.1) is 12.7 Å². The first kappa shape index (κ1) is 22.3. The van der Waals surface area contributed by atoms with Gasteiger partial charge in [-0.1, -0.05) is 53.2 Å². The van der Waals surface area contributed by atoms with Crippen molar-refractivity contribution < 1.29 is 4.74 Å². The third-order valence-electron chi connectivity index (χ3n) is 7.92. The van der Waals surface area contributed by atoms with Crippen molar-refractivity contribution in [1.29, 1.82) is 0 Å². The Balaban J connectivity index is 1.61. The molecule has 0 spiro atoms. The average molecular weight is 391 g/mol. The highest BCUT2D eigenvalue weighted by molar-refractivity contribution is 5.08. The Bertz CT molecular complexity index is 485. The molecular weight excluding hydrogens is 344 g/mol. The van der Waals surface area contributed by atoms with Crippen molar-refractivity contribution in [3.05, 3.63) is 12.2 Å². The van der Waals surface area contributed by atoms with E-state index >= 15 is 0 Å². The van der Waals surface area contributed by atoms with Gasteiger partial charge in [-0.15, -0.1) is 0 Å². The smallest absolute Gasteiger partial charge is 0.0638 e. The third-order valence-corrected chi connectivity index (χ3v) is 7.92. The minimum absolute atomic E-state index is 0.466. The van der Waals surface area contributed by atoms with Crippen LogP contribution >= 0.6 is 0 Å². The zero-order valence-corrected chi connectivity index (χ0v) is 19.3. The zero-order valence-electron chi connectivity index (χ0n) is 19.3. The highest BCUT2D eigenvalue weighted by Crippen LogP contribution is 2.35. The SMILES string of the molecule is C=C1C(C)CN(CC(COC2CC(C)CCC2C(C)C)N2CCCC2)CC1C. The maximum Gasteiger partial charge on any atom is 0.0638 e. The number of hydrogen-bond acceptors (Lipinski definition) is 3. The number of ether oxygens (including phenoxy) is 1. The molecule has 6 atom stereocenters. The largest absolute Gasteiger partial charge is 0.376 e. The molecule has 0 aromatic rings. The van der Waals surface area contributed by atoms with Crippen LogP contribution < -0.4 is 0 Å². The van der Waals surface area contributed by atoms with Crippen molar-refractivity contribution in [2.24, 2.45) is 29.6 Å². The highest BCUT2D eigenvalue weighted by Gasteiger charge is 2.34. The van der Waals surface area contributed by atoms with Gasteiger partial charge in [-0.2, -0.15) is 0 Å². The Labute approximate surface area is 174 Å². The van der Waals surface area contributed by atoms with Gasteiger partial charge in [0.2, 0.25) is 0 Å². The maximum atomic E-state index is 6.73. The third kappa shape index (κ3) is 5.61. The van der Waals surface area contributed by atoms with E-state index in [9.17, 15) is 0 Å². The predicted molar refractivity (Wildman–Crippen MR) is 120 cm³/mol. The number of nitrogens with zero attached hydrogens (tertiary/aromatic N) is 2. The van der Waals surface area contributed by atoms with Crippen LogP contribution in [0.1, 0.15) is 66.7 Å². The van der Waals surface area contributed by atoms with E-state index in [-0.39, 0.29) is 0 Å². The van der Waals surface area contributed by atoms with E-state index in [1.807, 2.05) is 0 Å². The van der Waals surface area contributed by atoms with Gasteiger partial charge in [0.1, 0.15) is 0 Å². The van der Waals surface area contributed by atoms with E-state index in [4.69, 9.17) is 4.74 Å². The lowest BCUT2D eigenvalue weighted by Gasteiger charge is -2.42. The molecule has 0 N–H and O–H groups in total. The van der Waals surface area contributed by atoms with Gasteiger partial charge in [-0.3, -0.25) is 4.90 Å². The number of likely N-dealkylation sites (tertiary alicyclic amines) is 2. The summed E-state index contributed by atoms with van der Waals surface area (Å²) in [6.07, 6.45) is 7.16. The normalized spacial score (nSPS) is 36.9. The van der Waals surface area contributed by atoms with Crippen LogP contribution in [0.4, 0.5) is 0 Å². The Morgan fingerprint density at radius 3 is 2.29 bits per heavy atom. The molecule has 1 saturated carbocycles. The van der Waals surface area contributed by atoms with Crippen molar-refractivity contribution >= 4 is 0 Å². The Morgan fingerprint density at radius 1 is 1.04 bits per heavy atom. The fourth-order valence-electron chi connectivity index (χ4n) is 5.94. The van der Waals surface area contributed by atoms with Crippen LogP contribution in [0.3, 0.4) is 0 Å². The van der Waals surface area contributed by atoms with Crippen LogP contribution in [0.15, 0.2) is 12.2 Å². The molecule has 3 heteroatoms. The molecule has 3 fully saturated rings. The van der Waals surface area contributed by atoms with Crippen molar-refractivity contribution in [2.45, 2.75) is 78.9 Å². The van der Waals surface area contributed by atoms with Gasteiger partial charge in [0, 0.05) is 25.7 Å². The van der Waals surface area contributed by atoms with Crippen LogP contribution in [0.5, 0.6) is 0 Å². The Kier molecular flexibility index (Phi) is 8.04. The lowest BCUT2D eigenvalue weighted by molar-refractivity contribution is -0.0620. The minimum atomic E-state index is 0.466. The second kappa shape index (κ2) is 10.1. The predicted octanol–water partition coefficient (Wildman–Crippen LogP) is 5.07. The van der Waals surface area contributed by atoms with Gasteiger partial charge >= 0.3 is 0 Å². The van der Waals surface area contributed by atoms with Crippen LogP contribution in [0, 0.1) is 29.6 Å². The lowest BCUT2D eigenvalue weighted by atomic mass is 9.75. The summed E-state index contributed by atoms with van der Waals surface area (Å²) in [6.45, 7) is 23.2. The van der Waals surface area contributed by atoms with Crippen molar-refractivity contribution in [3.63, 3.8) is 0 Å². The van der Waals surface area contributed by atoms with Gasteiger partial charge in [-0.05, 0) is 68.4 Å². The summed E-state index contributed by atoms with van der Waals surface area (Å²) in [6, 6.07) is 0.554. The first-order valence-corrected chi connectivity index (χ1v) is 12.1. The number of piperidine rings is 1. The molecule has 0 amide bonds. The van der Waals surface area contributed by atoms with Crippen molar-refractivity contribution in [3.8, 4) is 0 Å². The standard InChI is InChI=1S/C25H46N2O/c1-18(2)24-10-9-19(3)13-25(24)28-17-23(27-11-7-8-12-27)16-26-14-20(4)22(6)21(5)15-26/h18-21,23-25H,6-17H2,1-5H3. The molecule has 162 valence electrons. The molecule has 3 nitrogen and oxygen atoms in total. The van der Waals surface area contributed by atoms with E-state index in [0.29, 0.717) is 24.0 Å². The monoisotopic (exact) mass is 390 g/mol. The molecular formula is C25H46N2O. The van der Waals surface area contributed by atoms with Crippen LogP contribution in [-0.2, 0) is 4.74 Å². The van der Waals surface area contributed by atoms with Gasteiger partial charge in [0.25, 0.3) is 0 Å². The molecule has 1 aliphatic carbocycles. The minimum Gasteiger partial charge on any atom is -0.376 e. The first-order chi connectivity index (χ1) is 13.3. The average Bonchev–Trinajstić information content (AvgIpc) is 3.17. The summed E-state index contributed by atoms with van der Waals surface area (Å²) in [7, 11) is 0. The molecule has 2 saturated heterocycles. The molecule has 0 aromatic heterocycles. The van der Waals surface area contributed by atoms with Crippen molar-refractivity contribution in [2.75, 3.05) is 39.3 Å².